The summed E-state index contributed by atoms with van der Waals surface area (Å²) < 4.78 is 46.2. The van der Waals surface area contributed by atoms with Gasteiger partial charge >= 0.3 is 6.18 Å². The number of ether oxygens (including phenoxy) is 1. The molecule has 1 atom stereocenters. The van der Waals surface area contributed by atoms with Crippen molar-refractivity contribution in [1.82, 2.24) is 20.5 Å². The zero-order valence-corrected chi connectivity index (χ0v) is 18.6. The van der Waals surface area contributed by atoms with Crippen LogP contribution in [-0.4, -0.2) is 65.4 Å². The first kappa shape index (κ1) is 24.5. The van der Waals surface area contributed by atoms with Crippen molar-refractivity contribution >= 4 is 24.0 Å². The first-order valence-electron chi connectivity index (χ1n) is 11.5. The Bertz CT molecular complexity index is 863. The third-order valence-corrected chi connectivity index (χ3v) is 7.17. The van der Waals surface area contributed by atoms with E-state index in [0.29, 0.717) is 42.5 Å². The molecule has 3 fully saturated rings. The van der Waals surface area contributed by atoms with Gasteiger partial charge in [0, 0.05) is 13.1 Å². The van der Waals surface area contributed by atoms with Crippen LogP contribution in [-0.2, 0) is 20.5 Å². The van der Waals surface area contributed by atoms with Gasteiger partial charge in [-0.1, -0.05) is 0 Å². The summed E-state index contributed by atoms with van der Waals surface area (Å²) in [4.78, 5) is 32.8. The van der Waals surface area contributed by atoms with Crippen LogP contribution in [0.4, 0.5) is 24.8 Å². The molecule has 0 radical (unpaired) electrons. The van der Waals surface area contributed by atoms with Gasteiger partial charge in [-0.25, -0.2) is 15.0 Å². The first-order chi connectivity index (χ1) is 16.3. The SMILES string of the molecule is O=CN(O)CC(CC1C2CCC1CC2)C(=O)NNc1ncc(N2CCOCC2)c(C(F)(F)F)n1. The quantitative estimate of drug-likeness (QED) is 0.276. The highest BCUT2D eigenvalue weighted by molar-refractivity contribution is 5.80. The molecular weight excluding hydrogens is 457 g/mol. The van der Waals surface area contributed by atoms with E-state index < -0.39 is 29.6 Å². The molecule has 1 aromatic rings. The number of nitrogens with one attached hydrogen (secondary N) is 2. The lowest BCUT2D eigenvalue weighted by Gasteiger charge is -2.30. The Hall–Kier alpha value is -2.67. The molecule has 2 saturated carbocycles. The Labute approximate surface area is 194 Å². The van der Waals surface area contributed by atoms with Crippen LogP contribution in [0.15, 0.2) is 6.20 Å². The van der Waals surface area contributed by atoms with Crippen LogP contribution in [0.1, 0.15) is 37.8 Å². The molecule has 2 aliphatic carbocycles. The number of morpholine rings is 1. The van der Waals surface area contributed by atoms with Crippen molar-refractivity contribution < 1.29 is 32.7 Å². The highest BCUT2D eigenvalue weighted by Crippen LogP contribution is 2.51. The van der Waals surface area contributed by atoms with E-state index in [9.17, 15) is 28.0 Å². The van der Waals surface area contributed by atoms with Crippen molar-refractivity contribution in [3.05, 3.63) is 11.9 Å². The molecule has 34 heavy (non-hydrogen) atoms. The Morgan fingerprint density at radius 2 is 1.91 bits per heavy atom. The minimum atomic E-state index is -4.72. The van der Waals surface area contributed by atoms with Gasteiger partial charge in [0.1, 0.15) is 0 Å². The number of hydrazine groups is 1. The van der Waals surface area contributed by atoms with Crippen LogP contribution in [0, 0.1) is 23.7 Å². The monoisotopic (exact) mass is 486 g/mol. The van der Waals surface area contributed by atoms with Crippen LogP contribution in [0.3, 0.4) is 0 Å². The van der Waals surface area contributed by atoms with E-state index in [2.05, 4.69) is 20.8 Å². The summed E-state index contributed by atoms with van der Waals surface area (Å²) in [5.74, 6) is -0.306. The topological polar surface area (TPSA) is 120 Å². The van der Waals surface area contributed by atoms with E-state index in [1.807, 2.05) is 0 Å². The fourth-order valence-electron chi connectivity index (χ4n) is 5.53. The minimum Gasteiger partial charge on any atom is -0.378 e. The number of rotatable bonds is 9. The van der Waals surface area contributed by atoms with Gasteiger partial charge in [-0.15, -0.1) is 0 Å². The molecule has 2 amide bonds. The molecular formula is C21H29F3N6O4. The largest absolute Gasteiger partial charge is 0.435 e. The molecule has 0 spiro atoms. The zero-order chi connectivity index (χ0) is 24.3. The van der Waals surface area contributed by atoms with Crippen LogP contribution in [0.25, 0.3) is 0 Å². The van der Waals surface area contributed by atoms with Gasteiger partial charge in [0.15, 0.2) is 5.69 Å². The second kappa shape index (κ2) is 10.3. The number of halogens is 3. The van der Waals surface area contributed by atoms with Crippen molar-refractivity contribution in [2.24, 2.45) is 23.7 Å². The number of anilines is 2. The van der Waals surface area contributed by atoms with Gasteiger partial charge in [0.25, 0.3) is 0 Å². The maximum atomic E-state index is 13.7. The normalized spacial score (nSPS) is 25.2. The zero-order valence-electron chi connectivity index (χ0n) is 18.6. The molecule has 13 heteroatoms. The highest BCUT2D eigenvalue weighted by atomic mass is 19.4. The molecule has 2 heterocycles. The lowest BCUT2D eigenvalue weighted by atomic mass is 9.86. The van der Waals surface area contributed by atoms with Gasteiger partial charge in [-0.3, -0.25) is 25.6 Å². The summed E-state index contributed by atoms with van der Waals surface area (Å²) in [6, 6.07) is 0. The summed E-state index contributed by atoms with van der Waals surface area (Å²) in [5, 5.41) is 10.1. The Kier molecular flexibility index (Phi) is 7.41. The Balaban J connectivity index is 1.44. The van der Waals surface area contributed by atoms with Gasteiger partial charge < -0.3 is 9.64 Å². The molecule has 3 N–H and O–H groups in total. The maximum absolute atomic E-state index is 13.7. The van der Waals surface area contributed by atoms with Gasteiger partial charge in [-0.2, -0.15) is 13.2 Å². The fourth-order valence-corrected chi connectivity index (χ4v) is 5.53. The molecule has 3 aliphatic rings. The predicted molar refractivity (Wildman–Crippen MR) is 113 cm³/mol. The van der Waals surface area contributed by atoms with E-state index >= 15 is 0 Å². The summed E-state index contributed by atoms with van der Waals surface area (Å²) in [5.41, 5.74) is 3.47. The summed E-state index contributed by atoms with van der Waals surface area (Å²) in [6.45, 7) is 0.974. The lowest BCUT2D eigenvalue weighted by molar-refractivity contribution is -0.155. The molecule has 1 aromatic heterocycles. The summed E-state index contributed by atoms with van der Waals surface area (Å²) in [6.07, 6.45) is 1.51. The summed E-state index contributed by atoms with van der Waals surface area (Å²) >= 11 is 0. The van der Waals surface area contributed by atoms with Gasteiger partial charge in [-0.05, 0) is 49.9 Å². The molecule has 1 saturated heterocycles. The number of aromatic nitrogens is 2. The van der Waals surface area contributed by atoms with Crippen molar-refractivity contribution in [3.63, 3.8) is 0 Å². The smallest absolute Gasteiger partial charge is 0.378 e. The second-order valence-corrected chi connectivity index (χ2v) is 9.14. The van der Waals surface area contributed by atoms with E-state index in [4.69, 9.17) is 4.74 Å². The third-order valence-electron chi connectivity index (χ3n) is 7.17. The van der Waals surface area contributed by atoms with Crippen LogP contribution < -0.4 is 15.8 Å². The maximum Gasteiger partial charge on any atom is 0.435 e. The summed E-state index contributed by atoms with van der Waals surface area (Å²) in [7, 11) is 0. The average Bonchev–Trinajstić information content (AvgIpc) is 3.40. The molecule has 1 aliphatic heterocycles. The highest BCUT2D eigenvalue weighted by Gasteiger charge is 2.43. The Morgan fingerprint density at radius 3 is 2.50 bits per heavy atom. The molecule has 10 nitrogen and oxygen atoms in total. The second-order valence-electron chi connectivity index (χ2n) is 9.14. The number of nitrogens with zero attached hydrogens (tertiary/aromatic N) is 4. The Morgan fingerprint density at radius 1 is 1.26 bits per heavy atom. The molecule has 1 unspecified atom stereocenters. The number of fused-ring (bicyclic) bond motifs is 2. The standard InChI is InChI=1S/C21H29F3N6O4/c22-21(23,24)18-17(29-5-7-34-8-6-29)10-25-20(26-18)28-27-19(32)15(11-30(33)12-31)9-16-13-1-2-14(16)4-3-13/h10,12-16,33H,1-9,11H2,(H,27,32)(H,25,26,28). The number of hydroxylamine groups is 2. The van der Waals surface area contributed by atoms with Crippen molar-refractivity contribution in [2.45, 2.75) is 38.3 Å². The number of hydrogen-bond acceptors (Lipinski definition) is 8. The van der Waals surface area contributed by atoms with Crippen molar-refractivity contribution in [3.8, 4) is 0 Å². The fraction of sp³-hybridized carbons (Fsp3) is 0.714. The van der Waals surface area contributed by atoms with Crippen LogP contribution in [0.5, 0.6) is 0 Å². The molecule has 2 bridgehead atoms. The number of carbonyl (C=O) groups excluding carboxylic acids is 2. The minimum absolute atomic E-state index is 0.149. The van der Waals surface area contributed by atoms with Crippen LogP contribution in [0.2, 0.25) is 0 Å². The average molecular weight is 486 g/mol. The molecule has 188 valence electrons. The van der Waals surface area contributed by atoms with Crippen molar-refractivity contribution in [1.29, 1.82) is 0 Å². The number of alkyl halides is 3. The number of carbonyl (C=O) groups is 2. The van der Waals surface area contributed by atoms with Crippen molar-refractivity contribution in [2.75, 3.05) is 43.2 Å². The number of hydrogen-bond donors (Lipinski definition) is 3. The molecule has 4 rings (SSSR count). The molecule has 0 aromatic carbocycles. The van der Waals surface area contributed by atoms with E-state index in [1.165, 1.54) is 4.90 Å². The van der Waals surface area contributed by atoms with E-state index in [0.717, 1.165) is 31.9 Å². The van der Waals surface area contributed by atoms with E-state index in [-0.39, 0.29) is 31.7 Å². The third kappa shape index (κ3) is 5.52. The van der Waals surface area contributed by atoms with E-state index in [1.54, 1.807) is 0 Å². The van der Waals surface area contributed by atoms with Gasteiger partial charge in [0.2, 0.25) is 18.3 Å². The van der Waals surface area contributed by atoms with Gasteiger partial charge in [0.05, 0.1) is 37.6 Å². The number of amides is 2. The van der Waals surface area contributed by atoms with Crippen LogP contribution >= 0.6 is 0 Å². The lowest BCUT2D eigenvalue weighted by Crippen LogP contribution is -2.42. The first-order valence-corrected chi connectivity index (χ1v) is 11.5. The predicted octanol–water partition coefficient (Wildman–Crippen LogP) is 2.07.